The lowest BCUT2D eigenvalue weighted by atomic mass is 10.1. The number of nitrogens with one attached hydrogen (secondary N) is 1. The van der Waals surface area contributed by atoms with E-state index < -0.39 is 11.7 Å². The second kappa shape index (κ2) is 6.38. The van der Waals surface area contributed by atoms with E-state index in [-0.39, 0.29) is 29.7 Å². The molecule has 2 rings (SSSR count). The van der Waals surface area contributed by atoms with Crippen LogP contribution >= 0.6 is 0 Å². The Morgan fingerprint density at radius 1 is 1.35 bits per heavy atom. The Labute approximate surface area is 116 Å². The van der Waals surface area contributed by atoms with Gasteiger partial charge < -0.3 is 20.3 Å². The molecule has 6 nitrogen and oxygen atoms in total. The molecule has 1 amide bonds. The van der Waals surface area contributed by atoms with Crippen LogP contribution in [-0.4, -0.2) is 34.8 Å². The molecule has 3 N–H and O–H groups in total. The van der Waals surface area contributed by atoms with Crippen LogP contribution < -0.4 is 5.32 Å². The Morgan fingerprint density at radius 2 is 2.15 bits per heavy atom. The highest BCUT2D eigenvalue weighted by molar-refractivity contribution is 5.97. The molecule has 0 spiro atoms. The smallest absolute Gasteiger partial charge is 0.339 e. The van der Waals surface area contributed by atoms with Crippen LogP contribution in [0.4, 0.5) is 5.69 Å². The molecule has 108 valence electrons. The summed E-state index contributed by atoms with van der Waals surface area (Å²) in [6.07, 6.45) is 3.00. The number of aromatic carboxylic acids is 1. The Kier molecular flexibility index (Phi) is 4.57. The first-order valence-corrected chi connectivity index (χ1v) is 6.54. The zero-order valence-corrected chi connectivity index (χ0v) is 11.0. The Morgan fingerprint density at radius 3 is 2.80 bits per heavy atom. The van der Waals surface area contributed by atoms with Crippen molar-refractivity contribution < 1.29 is 24.5 Å². The van der Waals surface area contributed by atoms with E-state index in [1.54, 1.807) is 0 Å². The number of rotatable bonds is 4. The molecule has 0 saturated carbocycles. The number of carboxylic acid groups (broad SMARTS) is 1. The van der Waals surface area contributed by atoms with Crippen LogP contribution in [0, 0.1) is 0 Å². The molecule has 0 aliphatic carbocycles. The highest BCUT2D eigenvalue weighted by Crippen LogP contribution is 2.28. The summed E-state index contributed by atoms with van der Waals surface area (Å²) in [5.74, 6) is -1.97. The summed E-state index contributed by atoms with van der Waals surface area (Å²) in [5.41, 5.74) is -0.137. The molecule has 1 atom stereocenters. The maximum absolute atomic E-state index is 11.9. The fraction of sp³-hybridized carbons (Fsp3) is 0.429. The van der Waals surface area contributed by atoms with Crippen molar-refractivity contribution in [3.63, 3.8) is 0 Å². The molecule has 0 bridgehead atoms. The number of carbonyl (C=O) groups is 2. The number of amides is 1. The third kappa shape index (κ3) is 3.48. The number of benzene rings is 1. The van der Waals surface area contributed by atoms with Gasteiger partial charge in [0.05, 0.1) is 18.2 Å². The summed E-state index contributed by atoms with van der Waals surface area (Å²) < 4.78 is 5.46. The van der Waals surface area contributed by atoms with E-state index in [9.17, 15) is 14.7 Å². The van der Waals surface area contributed by atoms with Crippen LogP contribution in [0.5, 0.6) is 5.75 Å². The molecular weight excluding hydrogens is 262 g/mol. The van der Waals surface area contributed by atoms with Crippen LogP contribution in [0.15, 0.2) is 18.2 Å². The summed E-state index contributed by atoms with van der Waals surface area (Å²) in [6, 6.07) is 4.20. The topological polar surface area (TPSA) is 95.9 Å². The largest absolute Gasteiger partial charge is 0.505 e. The van der Waals surface area contributed by atoms with Gasteiger partial charge in [0, 0.05) is 6.61 Å². The van der Waals surface area contributed by atoms with Crippen LogP contribution in [0.1, 0.15) is 36.0 Å². The highest BCUT2D eigenvalue weighted by atomic mass is 16.5. The van der Waals surface area contributed by atoms with Gasteiger partial charge in [-0.1, -0.05) is 6.07 Å². The molecule has 1 saturated heterocycles. The van der Waals surface area contributed by atoms with Gasteiger partial charge in [-0.25, -0.2) is 4.79 Å². The molecule has 1 aromatic rings. The first-order valence-electron chi connectivity index (χ1n) is 6.54. The van der Waals surface area contributed by atoms with Crippen molar-refractivity contribution >= 4 is 17.6 Å². The van der Waals surface area contributed by atoms with Crippen molar-refractivity contribution in [2.24, 2.45) is 0 Å². The number of carbonyl (C=O) groups excluding carboxylic acids is 1. The third-order valence-electron chi connectivity index (χ3n) is 3.23. The molecule has 1 heterocycles. The van der Waals surface area contributed by atoms with Gasteiger partial charge >= 0.3 is 5.97 Å². The molecule has 0 aromatic heterocycles. The first-order chi connectivity index (χ1) is 9.58. The number of aromatic hydroxyl groups is 1. The minimum atomic E-state index is -1.24. The predicted molar refractivity (Wildman–Crippen MR) is 71.9 cm³/mol. The number of phenols is 1. The zero-order valence-electron chi connectivity index (χ0n) is 11.0. The van der Waals surface area contributed by atoms with Gasteiger partial charge in [-0.3, -0.25) is 4.79 Å². The average Bonchev–Trinajstić information content (AvgIpc) is 2.42. The number of anilines is 1. The standard InChI is InChI=1S/C14H17NO5/c16-12(8-9-4-1-2-7-20-9)15-11-6-3-5-10(13(11)17)14(18)19/h3,5-6,9,17H,1-2,4,7-8H2,(H,15,16)(H,18,19). The maximum Gasteiger partial charge on any atom is 0.339 e. The molecule has 1 aliphatic heterocycles. The van der Waals surface area contributed by atoms with E-state index in [2.05, 4.69) is 5.32 Å². The number of carboxylic acids is 1. The van der Waals surface area contributed by atoms with E-state index >= 15 is 0 Å². The first kappa shape index (κ1) is 14.3. The molecule has 1 unspecified atom stereocenters. The predicted octanol–water partition coefficient (Wildman–Crippen LogP) is 1.99. The Hall–Kier alpha value is -2.08. The van der Waals surface area contributed by atoms with Gasteiger partial charge in [0.25, 0.3) is 0 Å². The number of hydrogen-bond donors (Lipinski definition) is 3. The van der Waals surface area contributed by atoms with Crippen molar-refractivity contribution in [2.75, 3.05) is 11.9 Å². The SMILES string of the molecule is O=C(CC1CCCCO1)Nc1cccc(C(=O)O)c1O. The van der Waals surface area contributed by atoms with Crippen molar-refractivity contribution in [3.05, 3.63) is 23.8 Å². The normalized spacial score (nSPS) is 18.5. The van der Waals surface area contributed by atoms with E-state index in [1.165, 1.54) is 18.2 Å². The van der Waals surface area contributed by atoms with Crippen LogP contribution in [0.25, 0.3) is 0 Å². The lowest BCUT2D eigenvalue weighted by molar-refractivity contribution is -0.119. The quantitative estimate of drug-likeness (QED) is 0.732. The number of ether oxygens (including phenoxy) is 1. The van der Waals surface area contributed by atoms with Gasteiger partial charge in [-0.2, -0.15) is 0 Å². The fourth-order valence-corrected chi connectivity index (χ4v) is 2.19. The molecule has 20 heavy (non-hydrogen) atoms. The van der Waals surface area contributed by atoms with Crippen LogP contribution in [0.3, 0.4) is 0 Å². The van der Waals surface area contributed by atoms with E-state index in [0.717, 1.165) is 19.3 Å². The van der Waals surface area contributed by atoms with Gasteiger partial charge in [-0.15, -0.1) is 0 Å². The lowest BCUT2D eigenvalue weighted by Crippen LogP contribution is -2.25. The Balaban J connectivity index is 2.00. The molecular formula is C14H17NO5. The minimum absolute atomic E-state index is 0.103. The molecule has 6 heteroatoms. The van der Waals surface area contributed by atoms with Crippen molar-refractivity contribution in [1.82, 2.24) is 0 Å². The summed E-state index contributed by atoms with van der Waals surface area (Å²) in [5, 5.41) is 21.2. The third-order valence-corrected chi connectivity index (χ3v) is 3.23. The van der Waals surface area contributed by atoms with Gasteiger partial charge in [0.1, 0.15) is 5.56 Å². The highest BCUT2D eigenvalue weighted by Gasteiger charge is 2.19. The van der Waals surface area contributed by atoms with Gasteiger partial charge in [0.15, 0.2) is 5.75 Å². The molecule has 1 fully saturated rings. The summed E-state index contributed by atoms with van der Waals surface area (Å²) in [7, 11) is 0. The summed E-state index contributed by atoms with van der Waals surface area (Å²) >= 11 is 0. The summed E-state index contributed by atoms with van der Waals surface area (Å²) in [4.78, 5) is 22.7. The molecule has 0 radical (unpaired) electrons. The Bertz CT molecular complexity index is 508. The number of hydrogen-bond acceptors (Lipinski definition) is 4. The lowest BCUT2D eigenvalue weighted by Gasteiger charge is -2.22. The van der Waals surface area contributed by atoms with E-state index in [4.69, 9.17) is 9.84 Å². The maximum atomic E-state index is 11.9. The fourth-order valence-electron chi connectivity index (χ4n) is 2.19. The van der Waals surface area contributed by atoms with Crippen LogP contribution in [-0.2, 0) is 9.53 Å². The minimum Gasteiger partial charge on any atom is -0.505 e. The van der Waals surface area contributed by atoms with Gasteiger partial charge in [0.2, 0.25) is 5.91 Å². The summed E-state index contributed by atoms with van der Waals surface area (Å²) in [6.45, 7) is 0.664. The van der Waals surface area contributed by atoms with E-state index in [0.29, 0.717) is 6.61 Å². The second-order valence-electron chi connectivity index (χ2n) is 4.75. The van der Waals surface area contributed by atoms with Crippen molar-refractivity contribution in [3.8, 4) is 5.75 Å². The van der Waals surface area contributed by atoms with Crippen molar-refractivity contribution in [2.45, 2.75) is 31.8 Å². The zero-order chi connectivity index (χ0) is 14.5. The van der Waals surface area contributed by atoms with Crippen molar-refractivity contribution in [1.29, 1.82) is 0 Å². The second-order valence-corrected chi connectivity index (χ2v) is 4.75. The molecule has 1 aromatic carbocycles. The average molecular weight is 279 g/mol. The van der Waals surface area contributed by atoms with Gasteiger partial charge in [-0.05, 0) is 31.4 Å². The van der Waals surface area contributed by atoms with Crippen LogP contribution in [0.2, 0.25) is 0 Å². The number of para-hydroxylation sites is 1. The monoisotopic (exact) mass is 279 g/mol. The van der Waals surface area contributed by atoms with E-state index in [1.807, 2.05) is 0 Å². The molecule has 1 aliphatic rings.